The molecule has 0 heterocycles. The van der Waals surface area contributed by atoms with Gasteiger partial charge in [-0.2, -0.15) is 0 Å². The third-order valence-electron chi connectivity index (χ3n) is 2.83. The third kappa shape index (κ3) is 5.68. The molecule has 24 heavy (non-hydrogen) atoms. The first-order valence-electron chi connectivity index (χ1n) is 6.84. The Morgan fingerprint density at radius 2 is 1.62 bits per heavy atom. The molecule has 0 radical (unpaired) electrons. The maximum absolute atomic E-state index is 11.7. The van der Waals surface area contributed by atoms with Crippen molar-refractivity contribution in [3.05, 3.63) is 58.0 Å². The molecule has 0 fully saturated rings. The van der Waals surface area contributed by atoms with E-state index in [1.165, 1.54) is 0 Å². The average Bonchev–Trinajstić information content (AvgIpc) is 2.54. The van der Waals surface area contributed by atoms with Gasteiger partial charge in [-0.25, -0.2) is 0 Å². The van der Waals surface area contributed by atoms with E-state index in [2.05, 4.69) is 31.9 Å². The van der Waals surface area contributed by atoms with E-state index >= 15 is 0 Å². The number of halogens is 2. The first-order chi connectivity index (χ1) is 11.4. The topological polar surface area (TPSA) is 87.3 Å². The van der Waals surface area contributed by atoms with Gasteiger partial charge in [0.2, 0.25) is 5.91 Å². The Bertz CT molecular complexity index is 765. The van der Waals surface area contributed by atoms with Crippen LogP contribution in [0.15, 0.2) is 53.0 Å². The first kappa shape index (κ1) is 18.0. The molecular weight excluding hydrogens is 398 g/mol. The van der Waals surface area contributed by atoms with E-state index in [9.17, 15) is 14.4 Å². The standard InChI is InChI=1S/C16H13BrClN3O3/c17-10-4-6-12(7-5-10)21-16(24)15(23)19-9-14(22)20-13-3-1-2-11(18)8-13/h1-8H,9H2,(H,19,23)(H,20,22)(H,21,24). The van der Waals surface area contributed by atoms with Crippen molar-refractivity contribution in [2.45, 2.75) is 0 Å². The molecule has 0 aliphatic heterocycles. The van der Waals surface area contributed by atoms with Gasteiger partial charge in [0.1, 0.15) is 0 Å². The lowest BCUT2D eigenvalue weighted by atomic mass is 10.3. The number of benzene rings is 2. The highest BCUT2D eigenvalue weighted by atomic mass is 79.9. The van der Waals surface area contributed by atoms with Crippen molar-refractivity contribution < 1.29 is 14.4 Å². The minimum Gasteiger partial charge on any atom is -0.339 e. The normalized spacial score (nSPS) is 9.92. The van der Waals surface area contributed by atoms with Gasteiger partial charge < -0.3 is 16.0 Å². The highest BCUT2D eigenvalue weighted by Gasteiger charge is 2.14. The molecular formula is C16H13BrClN3O3. The smallest absolute Gasteiger partial charge is 0.313 e. The number of carbonyl (C=O) groups excluding carboxylic acids is 3. The van der Waals surface area contributed by atoms with Crippen molar-refractivity contribution in [1.82, 2.24) is 5.32 Å². The van der Waals surface area contributed by atoms with Gasteiger partial charge in [0.25, 0.3) is 0 Å². The van der Waals surface area contributed by atoms with Gasteiger partial charge in [0.05, 0.1) is 6.54 Å². The van der Waals surface area contributed by atoms with Crippen LogP contribution in [0.25, 0.3) is 0 Å². The molecule has 0 unspecified atom stereocenters. The quantitative estimate of drug-likeness (QED) is 0.677. The van der Waals surface area contributed by atoms with Crippen molar-refractivity contribution in [2.75, 3.05) is 17.2 Å². The zero-order chi connectivity index (χ0) is 17.5. The van der Waals surface area contributed by atoms with E-state index in [-0.39, 0.29) is 6.54 Å². The van der Waals surface area contributed by atoms with Gasteiger partial charge >= 0.3 is 11.8 Å². The summed E-state index contributed by atoms with van der Waals surface area (Å²) in [6.07, 6.45) is 0. The molecule has 3 amide bonds. The Kier molecular flexibility index (Phi) is 6.34. The zero-order valence-electron chi connectivity index (χ0n) is 12.3. The van der Waals surface area contributed by atoms with Crippen molar-refractivity contribution in [3.8, 4) is 0 Å². The fourth-order valence-corrected chi connectivity index (χ4v) is 2.19. The average molecular weight is 411 g/mol. The van der Waals surface area contributed by atoms with Gasteiger partial charge in [0.15, 0.2) is 0 Å². The minimum absolute atomic E-state index is 0.334. The molecule has 2 aromatic rings. The van der Waals surface area contributed by atoms with Crippen molar-refractivity contribution >= 4 is 56.6 Å². The molecule has 124 valence electrons. The molecule has 0 atom stereocenters. The first-order valence-corrected chi connectivity index (χ1v) is 8.01. The lowest BCUT2D eigenvalue weighted by Gasteiger charge is -2.08. The summed E-state index contributed by atoms with van der Waals surface area (Å²) < 4.78 is 0.850. The Morgan fingerprint density at radius 3 is 2.29 bits per heavy atom. The van der Waals surface area contributed by atoms with Crippen LogP contribution in [0, 0.1) is 0 Å². The largest absolute Gasteiger partial charge is 0.339 e. The Morgan fingerprint density at radius 1 is 0.917 bits per heavy atom. The number of hydrogen-bond acceptors (Lipinski definition) is 3. The zero-order valence-corrected chi connectivity index (χ0v) is 14.6. The van der Waals surface area contributed by atoms with Crippen molar-refractivity contribution in [2.24, 2.45) is 0 Å². The Balaban J connectivity index is 1.80. The van der Waals surface area contributed by atoms with Crippen LogP contribution in [0.3, 0.4) is 0 Å². The summed E-state index contributed by atoms with van der Waals surface area (Å²) in [5.74, 6) is -2.23. The summed E-state index contributed by atoms with van der Waals surface area (Å²) in [6, 6.07) is 13.3. The molecule has 2 aromatic carbocycles. The second-order valence-corrected chi connectivity index (χ2v) is 6.05. The number of carbonyl (C=O) groups is 3. The monoisotopic (exact) mass is 409 g/mol. The van der Waals surface area contributed by atoms with Crippen LogP contribution in [-0.2, 0) is 14.4 Å². The Hall–Kier alpha value is -2.38. The van der Waals surface area contributed by atoms with Gasteiger partial charge in [-0.3, -0.25) is 14.4 Å². The van der Waals surface area contributed by atoms with E-state index in [0.717, 1.165) is 4.47 Å². The van der Waals surface area contributed by atoms with Gasteiger partial charge in [-0.15, -0.1) is 0 Å². The maximum Gasteiger partial charge on any atom is 0.313 e. The summed E-state index contributed by atoms with van der Waals surface area (Å²) >= 11 is 9.08. The van der Waals surface area contributed by atoms with Gasteiger partial charge in [-0.05, 0) is 42.5 Å². The highest BCUT2D eigenvalue weighted by Crippen LogP contribution is 2.15. The van der Waals surface area contributed by atoms with Gasteiger partial charge in [-0.1, -0.05) is 33.6 Å². The number of hydrogen-bond donors (Lipinski definition) is 3. The number of nitrogens with one attached hydrogen (secondary N) is 3. The maximum atomic E-state index is 11.7. The van der Waals surface area contributed by atoms with E-state index < -0.39 is 17.7 Å². The van der Waals surface area contributed by atoms with Crippen LogP contribution >= 0.6 is 27.5 Å². The lowest BCUT2D eigenvalue weighted by Crippen LogP contribution is -2.39. The predicted molar refractivity (Wildman–Crippen MR) is 95.9 cm³/mol. The van der Waals surface area contributed by atoms with Crippen molar-refractivity contribution in [1.29, 1.82) is 0 Å². The second kappa shape index (κ2) is 8.47. The lowest BCUT2D eigenvalue weighted by molar-refractivity contribution is -0.136. The van der Waals surface area contributed by atoms with Crippen molar-refractivity contribution in [3.63, 3.8) is 0 Å². The van der Waals surface area contributed by atoms with Crippen LogP contribution in [0.4, 0.5) is 11.4 Å². The summed E-state index contributed by atoms with van der Waals surface area (Å²) in [6.45, 7) is -0.334. The predicted octanol–water partition coefficient (Wildman–Crippen LogP) is 2.80. The Labute approximate surface area is 151 Å². The number of anilines is 2. The van der Waals surface area contributed by atoms with E-state index in [1.807, 2.05) is 0 Å². The minimum atomic E-state index is -0.904. The summed E-state index contributed by atoms with van der Waals surface area (Å²) in [7, 11) is 0. The van der Waals surface area contributed by atoms with E-state index in [1.54, 1.807) is 48.5 Å². The number of rotatable bonds is 4. The van der Waals surface area contributed by atoms with Crippen LogP contribution < -0.4 is 16.0 Å². The summed E-state index contributed by atoms with van der Waals surface area (Å²) in [5, 5.41) is 7.71. The van der Waals surface area contributed by atoms with Crippen LogP contribution in [0.2, 0.25) is 5.02 Å². The number of amides is 3. The molecule has 0 saturated carbocycles. The molecule has 2 rings (SSSR count). The third-order valence-corrected chi connectivity index (χ3v) is 3.59. The molecule has 0 spiro atoms. The molecule has 0 bridgehead atoms. The molecule has 0 aliphatic carbocycles. The molecule has 3 N–H and O–H groups in total. The SMILES string of the molecule is O=C(CNC(=O)C(=O)Nc1ccc(Br)cc1)Nc1cccc(Cl)c1. The molecule has 8 heteroatoms. The fraction of sp³-hybridized carbons (Fsp3) is 0.0625. The van der Waals surface area contributed by atoms with E-state index in [0.29, 0.717) is 16.4 Å². The molecule has 0 aromatic heterocycles. The van der Waals surface area contributed by atoms with Gasteiger partial charge in [0, 0.05) is 20.9 Å². The summed E-state index contributed by atoms with van der Waals surface area (Å²) in [5.41, 5.74) is 0.975. The van der Waals surface area contributed by atoms with Crippen LogP contribution in [0.1, 0.15) is 0 Å². The molecule has 0 saturated heterocycles. The molecule has 0 aliphatic rings. The highest BCUT2D eigenvalue weighted by molar-refractivity contribution is 9.10. The van der Waals surface area contributed by atoms with E-state index in [4.69, 9.17) is 11.6 Å². The van der Waals surface area contributed by atoms with Crippen LogP contribution in [-0.4, -0.2) is 24.3 Å². The van der Waals surface area contributed by atoms with Crippen LogP contribution in [0.5, 0.6) is 0 Å². The summed E-state index contributed by atoms with van der Waals surface area (Å²) in [4.78, 5) is 35.2. The fourth-order valence-electron chi connectivity index (χ4n) is 1.73. The second-order valence-electron chi connectivity index (χ2n) is 4.70. The molecule has 6 nitrogen and oxygen atoms in total.